The molecular formula is C23H25FN4O2S. The van der Waals surface area contributed by atoms with Crippen LogP contribution in [0.1, 0.15) is 28.7 Å². The van der Waals surface area contributed by atoms with E-state index in [2.05, 4.69) is 16.1 Å². The number of halogens is 1. The molecule has 1 aromatic carbocycles. The molecule has 4 rings (SSSR count). The molecule has 0 bridgehead atoms. The predicted octanol–water partition coefficient (Wildman–Crippen LogP) is 3.48. The van der Waals surface area contributed by atoms with Gasteiger partial charge in [-0.2, -0.15) is 5.10 Å². The molecule has 0 aliphatic carbocycles. The van der Waals surface area contributed by atoms with E-state index in [0.29, 0.717) is 25.3 Å². The molecule has 1 aliphatic rings. The SMILES string of the molecule is CCCn1nc(C(=O)N2CCN(Cc3ccc(-c4cccc(F)c4)s3)CC2)ccc1=O. The normalized spacial score (nSPS) is 14.7. The van der Waals surface area contributed by atoms with Gasteiger partial charge in [0.1, 0.15) is 11.5 Å². The predicted molar refractivity (Wildman–Crippen MR) is 120 cm³/mol. The molecule has 31 heavy (non-hydrogen) atoms. The molecule has 2 aromatic heterocycles. The molecule has 0 radical (unpaired) electrons. The zero-order chi connectivity index (χ0) is 21.8. The molecule has 6 nitrogen and oxygen atoms in total. The van der Waals surface area contributed by atoms with Gasteiger partial charge in [0, 0.05) is 55.1 Å². The summed E-state index contributed by atoms with van der Waals surface area (Å²) >= 11 is 1.67. The number of hydrogen-bond acceptors (Lipinski definition) is 5. The third kappa shape index (κ3) is 5.08. The smallest absolute Gasteiger partial charge is 0.274 e. The van der Waals surface area contributed by atoms with Crippen molar-refractivity contribution in [2.75, 3.05) is 26.2 Å². The number of piperazine rings is 1. The van der Waals surface area contributed by atoms with E-state index in [1.54, 1.807) is 28.4 Å². The van der Waals surface area contributed by atoms with Crippen molar-refractivity contribution in [2.24, 2.45) is 0 Å². The quantitative estimate of drug-likeness (QED) is 0.589. The van der Waals surface area contributed by atoms with E-state index in [1.165, 1.54) is 27.8 Å². The molecule has 0 spiro atoms. The first-order chi connectivity index (χ1) is 15.0. The van der Waals surface area contributed by atoms with Crippen molar-refractivity contribution >= 4 is 17.2 Å². The first-order valence-corrected chi connectivity index (χ1v) is 11.3. The number of thiophene rings is 1. The lowest BCUT2D eigenvalue weighted by molar-refractivity contribution is 0.0621. The number of aromatic nitrogens is 2. The summed E-state index contributed by atoms with van der Waals surface area (Å²) in [5.74, 6) is -0.359. The average molecular weight is 441 g/mol. The lowest BCUT2D eigenvalue weighted by atomic mass is 10.2. The fraction of sp³-hybridized carbons (Fsp3) is 0.348. The van der Waals surface area contributed by atoms with Crippen LogP contribution in [0, 0.1) is 5.82 Å². The average Bonchev–Trinajstić information content (AvgIpc) is 3.24. The highest BCUT2D eigenvalue weighted by Gasteiger charge is 2.24. The van der Waals surface area contributed by atoms with Crippen LogP contribution in [0.3, 0.4) is 0 Å². The third-order valence-corrected chi connectivity index (χ3v) is 6.45. The molecule has 8 heteroatoms. The van der Waals surface area contributed by atoms with Gasteiger partial charge in [-0.15, -0.1) is 11.3 Å². The Morgan fingerprint density at radius 2 is 1.90 bits per heavy atom. The van der Waals surface area contributed by atoms with Crippen LogP contribution in [0.15, 0.2) is 53.3 Å². The monoisotopic (exact) mass is 440 g/mol. The summed E-state index contributed by atoms with van der Waals surface area (Å²) in [5, 5.41) is 4.24. The Morgan fingerprint density at radius 1 is 1.10 bits per heavy atom. The highest BCUT2D eigenvalue weighted by molar-refractivity contribution is 7.15. The van der Waals surface area contributed by atoms with Crippen molar-refractivity contribution in [3.05, 3.63) is 75.3 Å². The van der Waals surface area contributed by atoms with Crippen LogP contribution in [0.25, 0.3) is 10.4 Å². The summed E-state index contributed by atoms with van der Waals surface area (Å²) in [6.07, 6.45) is 0.785. The van der Waals surface area contributed by atoms with Crippen molar-refractivity contribution in [3.8, 4) is 10.4 Å². The Kier molecular flexibility index (Phi) is 6.58. The van der Waals surface area contributed by atoms with Crippen LogP contribution >= 0.6 is 11.3 Å². The molecule has 0 unspecified atom stereocenters. The Hall–Kier alpha value is -2.84. The van der Waals surface area contributed by atoms with Gasteiger partial charge in [0.05, 0.1) is 0 Å². The number of hydrogen-bond donors (Lipinski definition) is 0. The van der Waals surface area contributed by atoms with Gasteiger partial charge in [-0.25, -0.2) is 9.07 Å². The number of benzene rings is 1. The maximum absolute atomic E-state index is 13.5. The second-order valence-electron chi connectivity index (χ2n) is 7.62. The van der Waals surface area contributed by atoms with Gasteiger partial charge >= 0.3 is 0 Å². The van der Waals surface area contributed by atoms with Gasteiger partial charge in [-0.1, -0.05) is 19.1 Å². The van der Waals surface area contributed by atoms with Gasteiger partial charge in [0.2, 0.25) is 0 Å². The Morgan fingerprint density at radius 3 is 2.65 bits per heavy atom. The van der Waals surface area contributed by atoms with Crippen molar-refractivity contribution in [3.63, 3.8) is 0 Å². The number of rotatable bonds is 6. The van der Waals surface area contributed by atoms with Crippen molar-refractivity contribution in [1.82, 2.24) is 19.6 Å². The Balaban J connectivity index is 1.34. The minimum absolute atomic E-state index is 0.131. The molecule has 1 aliphatic heterocycles. The van der Waals surface area contributed by atoms with Crippen molar-refractivity contribution in [1.29, 1.82) is 0 Å². The zero-order valence-electron chi connectivity index (χ0n) is 17.5. The fourth-order valence-electron chi connectivity index (χ4n) is 3.69. The van der Waals surface area contributed by atoms with E-state index in [1.807, 2.05) is 19.1 Å². The van der Waals surface area contributed by atoms with E-state index in [9.17, 15) is 14.0 Å². The van der Waals surface area contributed by atoms with Crippen LogP contribution in [-0.2, 0) is 13.1 Å². The van der Waals surface area contributed by atoms with E-state index in [4.69, 9.17) is 0 Å². The van der Waals surface area contributed by atoms with E-state index in [0.717, 1.165) is 36.5 Å². The molecule has 162 valence electrons. The summed E-state index contributed by atoms with van der Waals surface area (Å²) in [6, 6.07) is 13.7. The van der Waals surface area contributed by atoms with Crippen LogP contribution in [-0.4, -0.2) is 51.7 Å². The van der Waals surface area contributed by atoms with Gasteiger partial charge < -0.3 is 4.90 Å². The molecule has 1 fully saturated rings. The van der Waals surface area contributed by atoms with E-state index >= 15 is 0 Å². The van der Waals surface area contributed by atoms with Crippen LogP contribution in [0.4, 0.5) is 4.39 Å². The highest BCUT2D eigenvalue weighted by Crippen LogP contribution is 2.29. The number of aryl methyl sites for hydroxylation is 1. The van der Waals surface area contributed by atoms with Gasteiger partial charge in [-0.3, -0.25) is 14.5 Å². The molecule has 3 heterocycles. The van der Waals surface area contributed by atoms with Crippen LogP contribution in [0.5, 0.6) is 0 Å². The van der Waals surface area contributed by atoms with Crippen molar-refractivity contribution in [2.45, 2.75) is 26.4 Å². The summed E-state index contributed by atoms with van der Waals surface area (Å²) in [7, 11) is 0. The fourth-order valence-corrected chi connectivity index (χ4v) is 4.73. The maximum atomic E-state index is 13.5. The largest absolute Gasteiger partial charge is 0.335 e. The van der Waals surface area contributed by atoms with E-state index in [-0.39, 0.29) is 17.3 Å². The van der Waals surface area contributed by atoms with Gasteiger partial charge in [0.25, 0.3) is 11.5 Å². The first kappa shape index (κ1) is 21.4. The Bertz CT molecular complexity index is 1120. The lowest BCUT2D eigenvalue weighted by Gasteiger charge is -2.34. The molecule has 3 aromatic rings. The third-order valence-electron chi connectivity index (χ3n) is 5.33. The van der Waals surface area contributed by atoms with Crippen LogP contribution in [0.2, 0.25) is 0 Å². The number of nitrogens with zero attached hydrogens (tertiary/aromatic N) is 4. The standard InChI is InChI=1S/C23H25FN4O2S/c1-2-10-28-22(29)9-7-20(25-28)23(30)27-13-11-26(12-14-27)16-19-6-8-21(31-19)17-4-3-5-18(24)15-17/h3-9,15H,2,10-14,16H2,1H3. The topological polar surface area (TPSA) is 58.4 Å². The highest BCUT2D eigenvalue weighted by atomic mass is 32.1. The van der Waals surface area contributed by atoms with E-state index < -0.39 is 0 Å². The lowest BCUT2D eigenvalue weighted by Crippen LogP contribution is -2.48. The number of carbonyl (C=O) groups is 1. The zero-order valence-corrected chi connectivity index (χ0v) is 18.3. The minimum Gasteiger partial charge on any atom is -0.335 e. The van der Waals surface area contributed by atoms with Gasteiger partial charge in [0.15, 0.2) is 0 Å². The summed E-state index contributed by atoms with van der Waals surface area (Å²) in [4.78, 5) is 31.0. The Labute approximate surface area is 184 Å². The van der Waals surface area contributed by atoms with Crippen LogP contribution < -0.4 is 5.56 Å². The number of amides is 1. The van der Waals surface area contributed by atoms with Crippen molar-refractivity contribution < 1.29 is 9.18 Å². The molecule has 0 atom stereocenters. The molecule has 0 N–H and O–H groups in total. The molecule has 1 amide bonds. The number of carbonyl (C=O) groups excluding carboxylic acids is 1. The molecular weight excluding hydrogens is 415 g/mol. The molecule has 0 saturated carbocycles. The summed E-state index contributed by atoms with van der Waals surface area (Å²) in [6.45, 7) is 6.07. The second-order valence-corrected chi connectivity index (χ2v) is 8.79. The molecule has 1 saturated heterocycles. The van der Waals surface area contributed by atoms with Gasteiger partial charge in [-0.05, 0) is 42.3 Å². The minimum atomic E-state index is -0.229. The maximum Gasteiger partial charge on any atom is 0.274 e. The summed E-state index contributed by atoms with van der Waals surface area (Å²) in [5.41, 5.74) is 1.03. The second kappa shape index (κ2) is 9.53. The first-order valence-electron chi connectivity index (χ1n) is 10.5. The summed E-state index contributed by atoms with van der Waals surface area (Å²) < 4.78 is 14.8.